The summed E-state index contributed by atoms with van der Waals surface area (Å²) >= 11 is 1.67. The van der Waals surface area contributed by atoms with Gasteiger partial charge in [-0.25, -0.2) is 9.97 Å². The van der Waals surface area contributed by atoms with E-state index in [4.69, 9.17) is 0 Å². The van der Waals surface area contributed by atoms with Crippen molar-refractivity contribution in [1.82, 2.24) is 29.7 Å². The summed E-state index contributed by atoms with van der Waals surface area (Å²) in [5, 5.41) is 4.99. The second-order valence-electron chi connectivity index (χ2n) is 6.20. The standard InChI is InChI=1S/C18H18N6O2S/c25-17(22-4-3-14-2-1-7-27-14)16-11-23(10-13-8-20-12-24(13)16)18(26)15-9-19-5-6-21-15/h1-2,5-9,12,16H,3-4,10-11H2,(H,22,25). The van der Waals surface area contributed by atoms with Gasteiger partial charge < -0.3 is 14.8 Å². The van der Waals surface area contributed by atoms with Gasteiger partial charge in [-0.2, -0.15) is 0 Å². The van der Waals surface area contributed by atoms with Gasteiger partial charge in [0.15, 0.2) is 0 Å². The lowest BCUT2D eigenvalue weighted by atomic mass is 10.1. The van der Waals surface area contributed by atoms with Crippen molar-refractivity contribution < 1.29 is 9.59 Å². The SMILES string of the molecule is O=C(NCCc1cccs1)C1CN(C(=O)c2cnccn2)Cc2cncn21. The fourth-order valence-electron chi connectivity index (χ4n) is 3.11. The summed E-state index contributed by atoms with van der Waals surface area (Å²) in [6.45, 7) is 1.20. The molecule has 1 N–H and O–H groups in total. The van der Waals surface area contributed by atoms with Gasteiger partial charge in [0.05, 0.1) is 31.3 Å². The molecule has 9 heteroatoms. The molecule has 3 aromatic heterocycles. The number of nitrogens with one attached hydrogen (secondary N) is 1. The molecule has 0 saturated carbocycles. The molecule has 0 aliphatic carbocycles. The Morgan fingerprint density at radius 2 is 2.19 bits per heavy atom. The van der Waals surface area contributed by atoms with Gasteiger partial charge >= 0.3 is 0 Å². The van der Waals surface area contributed by atoms with Crippen LogP contribution in [0.4, 0.5) is 0 Å². The number of carbonyl (C=O) groups excluding carboxylic acids is 2. The highest BCUT2D eigenvalue weighted by Crippen LogP contribution is 2.22. The summed E-state index contributed by atoms with van der Waals surface area (Å²) in [5.41, 5.74) is 1.08. The smallest absolute Gasteiger partial charge is 0.274 e. The van der Waals surface area contributed by atoms with Crippen molar-refractivity contribution in [2.75, 3.05) is 13.1 Å². The average molecular weight is 382 g/mol. The normalized spacial score (nSPS) is 16.0. The number of fused-ring (bicyclic) bond motifs is 1. The highest BCUT2D eigenvalue weighted by molar-refractivity contribution is 7.09. The zero-order chi connectivity index (χ0) is 18.6. The van der Waals surface area contributed by atoms with Gasteiger partial charge in [0.25, 0.3) is 5.91 Å². The average Bonchev–Trinajstić information content (AvgIpc) is 3.39. The molecule has 0 fully saturated rings. The molecule has 0 radical (unpaired) electrons. The molecule has 2 amide bonds. The molecule has 4 heterocycles. The second-order valence-corrected chi connectivity index (χ2v) is 7.24. The van der Waals surface area contributed by atoms with Gasteiger partial charge in [-0.1, -0.05) is 6.07 Å². The number of hydrogen-bond acceptors (Lipinski definition) is 6. The number of carbonyl (C=O) groups is 2. The van der Waals surface area contributed by atoms with Crippen molar-refractivity contribution in [3.05, 3.63) is 64.9 Å². The molecule has 3 aromatic rings. The van der Waals surface area contributed by atoms with Crippen LogP contribution in [0.5, 0.6) is 0 Å². The number of nitrogens with zero attached hydrogens (tertiary/aromatic N) is 5. The van der Waals surface area contributed by atoms with Crippen LogP contribution in [0.2, 0.25) is 0 Å². The highest BCUT2D eigenvalue weighted by Gasteiger charge is 2.33. The minimum Gasteiger partial charge on any atom is -0.354 e. The summed E-state index contributed by atoms with van der Waals surface area (Å²) in [6.07, 6.45) is 8.55. The summed E-state index contributed by atoms with van der Waals surface area (Å²) in [5.74, 6) is -0.366. The fraction of sp³-hybridized carbons (Fsp3) is 0.278. The zero-order valence-electron chi connectivity index (χ0n) is 14.5. The molecule has 1 aliphatic heterocycles. The van der Waals surface area contributed by atoms with Gasteiger partial charge in [0.2, 0.25) is 5.91 Å². The topological polar surface area (TPSA) is 93.0 Å². The third-order valence-corrected chi connectivity index (χ3v) is 5.39. The van der Waals surface area contributed by atoms with Crippen LogP contribution in [-0.2, 0) is 17.8 Å². The maximum Gasteiger partial charge on any atom is 0.274 e. The zero-order valence-corrected chi connectivity index (χ0v) is 15.3. The number of amides is 2. The number of hydrogen-bond donors (Lipinski definition) is 1. The van der Waals surface area contributed by atoms with E-state index in [1.807, 2.05) is 22.1 Å². The Morgan fingerprint density at radius 3 is 2.96 bits per heavy atom. The maximum atomic E-state index is 12.8. The summed E-state index contributed by atoms with van der Waals surface area (Å²) in [7, 11) is 0. The van der Waals surface area contributed by atoms with Crippen molar-refractivity contribution in [2.45, 2.75) is 19.0 Å². The Labute approximate surface area is 159 Å². The molecule has 27 heavy (non-hydrogen) atoms. The van der Waals surface area contributed by atoms with E-state index in [0.717, 1.165) is 12.1 Å². The highest BCUT2D eigenvalue weighted by atomic mass is 32.1. The molecular weight excluding hydrogens is 364 g/mol. The van der Waals surface area contributed by atoms with Gasteiger partial charge in [-0.15, -0.1) is 11.3 Å². The van der Waals surface area contributed by atoms with E-state index in [0.29, 0.717) is 13.1 Å². The Bertz CT molecular complexity index is 925. The maximum absolute atomic E-state index is 12.8. The second kappa shape index (κ2) is 7.67. The van der Waals surface area contributed by atoms with Gasteiger partial charge in [0, 0.05) is 30.0 Å². The van der Waals surface area contributed by atoms with Crippen LogP contribution in [0.15, 0.2) is 48.6 Å². The lowest BCUT2D eigenvalue weighted by Crippen LogP contribution is -2.47. The van der Waals surface area contributed by atoms with Crippen molar-refractivity contribution >= 4 is 23.2 Å². The first kappa shape index (κ1) is 17.3. The van der Waals surface area contributed by atoms with Gasteiger partial charge in [0.1, 0.15) is 11.7 Å². The van der Waals surface area contributed by atoms with Gasteiger partial charge in [-0.3, -0.25) is 14.6 Å². The number of thiophene rings is 1. The van der Waals surface area contributed by atoms with Gasteiger partial charge in [-0.05, 0) is 17.9 Å². The minimum absolute atomic E-state index is 0.123. The van der Waals surface area contributed by atoms with Crippen LogP contribution >= 0.6 is 11.3 Å². The predicted molar refractivity (Wildman–Crippen MR) is 99.1 cm³/mol. The van der Waals surface area contributed by atoms with Crippen molar-refractivity contribution in [3.63, 3.8) is 0 Å². The molecule has 0 bridgehead atoms. The van der Waals surface area contributed by atoms with Crippen LogP contribution in [0.1, 0.15) is 27.1 Å². The molecule has 138 valence electrons. The quantitative estimate of drug-likeness (QED) is 0.718. The monoisotopic (exact) mass is 382 g/mol. The predicted octanol–water partition coefficient (Wildman–Crippen LogP) is 1.29. The van der Waals surface area contributed by atoms with Crippen molar-refractivity contribution in [2.24, 2.45) is 0 Å². The summed E-state index contributed by atoms with van der Waals surface area (Å²) in [4.78, 5) is 40.5. The lowest BCUT2D eigenvalue weighted by molar-refractivity contribution is -0.125. The Kier molecular flexibility index (Phi) is 4.93. The van der Waals surface area contributed by atoms with Crippen molar-refractivity contribution in [3.8, 4) is 0 Å². The molecule has 0 aromatic carbocycles. The summed E-state index contributed by atoms with van der Waals surface area (Å²) in [6, 6.07) is 3.53. The Balaban J connectivity index is 1.46. The van der Waals surface area contributed by atoms with Crippen LogP contribution in [0.3, 0.4) is 0 Å². The lowest BCUT2D eigenvalue weighted by Gasteiger charge is -2.33. The number of imidazole rings is 1. The molecule has 1 aliphatic rings. The van der Waals surface area contributed by atoms with Crippen LogP contribution in [0, 0.1) is 0 Å². The third kappa shape index (κ3) is 3.72. The van der Waals surface area contributed by atoms with E-state index in [-0.39, 0.29) is 24.1 Å². The number of aromatic nitrogens is 4. The molecule has 1 unspecified atom stereocenters. The van der Waals surface area contributed by atoms with E-state index in [9.17, 15) is 9.59 Å². The molecule has 4 rings (SSSR count). The number of rotatable bonds is 5. The molecule has 0 spiro atoms. The molecule has 1 atom stereocenters. The van der Waals surface area contributed by atoms with Crippen LogP contribution in [0.25, 0.3) is 0 Å². The van der Waals surface area contributed by atoms with E-state index < -0.39 is 6.04 Å². The fourth-order valence-corrected chi connectivity index (χ4v) is 3.82. The van der Waals surface area contributed by atoms with E-state index in [1.54, 1.807) is 28.8 Å². The van der Waals surface area contributed by atoms with Crippen LogP contribution < -0.4 is 5.32 Å². The Hall–Kier alpha value is -3.07. The molecule has 0 saturated heterocycles. The van der Waals surface area contributed by atoms with Crippen LogP contribution in [-0.4, -0.2) is 49.3 Å². The van der Waals surface area contributed by atoms with E-state index in [1.165, 1.54) is 23.5 Å². The first-order chi connectivity index (χ1) is 13.2. The van der Waals surface area contributed by atoms with E-state index in [2.05, 4.69) is 20.3 Å². The minimum atomic E-state index is -0.514. The largest absolute Gasteiger partial charge is 0.354 e. The van der Waals surface area contributed by atoms with Crippen molar-refractivity contribution in [1.29, 1.82) is 0 Å². The summed E-state index contributed by atoms with van der Waals surface area (Å²) < 4.78 is 1.83. The molecular formula is C18H18N6O2S. The third-order valence-electron chi connectivity index (χ3n) is 4.45. The Morgan fingerprint density at radius 1 is 1.26 bits per heavy atom. The van der Waals surface area contributed by atoms with E-state index >= 15 is 0 Å². The first-order valence-corrected chi connectivity index (χ1v) is 9.46. The first-order valence-electron chi connectivity index (χ1n) is 8.58. The molecule has 8 nitrogen and oxygen atoms in total.